The summed E-state index contributed by atoms with van der Waals surface area (Å²) in [5, 5.41) is 3.14. The summed E-state index contributed by atoms with van der Waals surface area (Å²) in [7, 11) is 1.67. The predicted octanol–water partition coefficient (Wildman–Crippen LogP) is 4.48. The average molecular weight is 543 g/mol. The number of piperidine rings is 2. The van der Waals surface area contributed by atoms with E-state index in [9.17, 15) is 9.59 Å². The first-order valence-corrected chi connectivity index (χ1v) is 14.1. The zero-order chi connectivity index (χ0) is 27.9. The van der Waals surface area contributed by atoms with E-state index in [0.717, 1.165) is 56.8 Å². The third-order valence-electron chi connectivity index (χ3n) is 7.79. The first-order chi connectivity index (χ1) is 19.5. The van der Waals surface area contributed by atoms with E-state index in [-0.39, 0.29) is 24.0 Å². The molecule has 0 saturated carbocycles. The summed E-state index contributed by atoms with van der Waals surface area (Å²) in [6.45, 7) is 6.04. The van der Waals surface area contributed by atoms with Gasteiger partial charge in [0.1, 0.15) is 23.3 Å². The van der Waals surface area contributed by atoms with E-state index in [1.807, 2.05) is 41.3 Å². The van der Waals surface area contributed by atoms with E-state index >= 15 is 0 Å². The van der Waals surface area contributed by atoms with Crippen LogP contribution in [0.4, 0.5) is 0 Å². The normalized spacial score (nSPS) is 16.9. The van der Waals surface area contributed by atoms with Crippen LogP contribution in [0.5, 0.6) is 11.5 Å². The number of nitrogens with zero attached hydrogens (tertiary/aromatic N) is 3. The van der Waals surface area contributed by atoms with E-state index in [0.29, 0.717) is 24.3 Å². The molecule has 8 heteroatoms. The second kappa shape index (κ2) is 13.0. The number of rotatable bonds is 8. The van der Waals surface area contributed by atoms with E-state index in [1.165, 1.54) is 17.3 Å². The Hall–Kier alpha value is -3.91. The third kappa shape index (κ3) is 7.18. The monoisotopic (exact) mass is 542 g/mol. The lowest BCUT2D eigenvalue weighted by Crippen LogP contribution is -2.44. The molecule has 1 aromatic heterocycles. The number of ether oxygens (including phenoxy) is 2. The van der Waals surface area contributed by atoms with Gasteiger partial charge in [0.25, 0.3) is 11.8 Å². The van der Waals surface area contributed by atoms with Gasteiger partial charge in [0.2, 0.25) is 0 Å². The highest BCUT2D eigenvalue weighted by Crippen LogP contribution is 2.21. The third-order valence-corrected chi connectivity index (χ3v) is 7.79. The number of benzene rings is 2. The standard InChI is InChI=1S/C32H38N4O4/c1-23-3-8-28(9-4-23)40-29-15-19-36(20-16-29)32(38)30-12-7-25(21-33-30)31(37)34-26-13-17-35(18-14-26)22-24-5-10-27(39-2)11-6-24/h3-12,21,26,29H,13-20,22H2,1-2H3,(H,34,37). The fraction of sp³-hybridized carbons (Fsp3) is 0.406. The Labute approximate surface area is 236 Å². The lowest BCUT2D eigenvalue weighted by Gasteiger charge is -2.32. The highest BCUT2D eigenvalue weighted by atomic mass is 16.5. The predicted molar refractivity (Wildman–Crippen MR) is 154 cm³/mol. The van der Waals surface area contributed by atoms with Crippen molar-refractivity contribution in [3.8, 4) is 11.5 Å². The number of hydrogen-bond acceptors (Lipinski definition) is 6. The van der Waals surface area contributed by atoms with Gasteiger partial charge in [0, 0.05) is 57.8 Å². The van der Waals surface area contributed by atoms with Crippen LogP contribution in [0.3, 0.4) is 0 Å². The lowest BCUT2D eigenvalue weighted by molar-refractivity contribution is 0.0589. The van der Waals surface area contributed by atoms with Crippen LogP contribution in [-0.4, -0.2) is 72.0 Å². The van der Waals surface area contributed by atoms with Crippen molar-refractivity contribution in [1.29, 1.82) is 0 Å². The van der Waals surface area contributed by atoms with Gasteiger partial charge in [0.15, 0.2) is 0 Å². The number of aromatic nitrogens is 1. The molecule has 0 aliphatic carbocycles. The quantitative estimate of drug-likeness (QED) is 0.452. The molecule has 210 valence electrons. The largest absolute Gasteiger partial charge is 0.497 e. The fourth-order valence-electron chi connectivity index (χ4n) is 5.30. The molecular formula is C32H38N4O4. The molecule has 8 nitrogen and oxygen atoms in total. The molecule has 2 amide bonds. The number of amides is 2. The first-order valence-electron chi connectivity index (χ1n) is 14.1. The fourth-order valence-corrected chi connectivity index (χ4v) is 5.30. The van der Waals surface area contributed by atoms with Gasteiger partial charge in [-0.25, -0.2) is 0 Å². The molecule has 2 fully saturated rings. The molecule has 5 rings (SSSR count). The van der Waals surface area contributed by atoms with Crippen LogP contribution < -0.4 is 14.8 Å². The molecule has 1 N–H and O–H groups in total. The average Bonchev–Trinajstić information content (AvgIpc) is 3.00. The maximum absolute atomic E-state index is 13.0. The second-order valence-corrected chi connectivity index (χ2v) is 10.7. The van der Waals surface area contributed by atoms with Crippen LogP contribution in [0.2, 0.25) is 0 Å². The summed E-state index contributed by atoms with van der Waals surface area (Å²) < 4.78 is 11.3. The van der Waals surface area contributed by atoms with Crippen molar-refractivity contribution in [3.05, 3.63) is 89.2 Å². The molecule has 2 aliphatic heterocycles. The van der Waals surface area contributed by atoms with Gasteiger partial charge in [-0.15, -0.1) is 0 Å². The van der Waals surface area contributed by atoms with E-state index in [4.69, 9.17) is 9.47 Å². The summed E-state index contributed by atoms with van der Waals surface area (Å²) in [6, 6.07) is 19.7. The Morgan fingerprint density at radius 1 is 0.875 bits per heavy atom. The summed E-state index contributed by atoms with van der Waals surface area (Å²) in [4.78, 5) is 34.4. The van der Waals surface area contributed by atoms with Crippen molar-refractivity contribution in [3.63, 3.8) is 0 Å². The van der Waals surface area contributed by atoms with Crippen LogP contribution in [-0.2, 0) is 6.54 Å². The molecule has 0 spiro atoms. The minimum absolute atomic E-state index is 0.0973. The van der Waals surface area contributed by atoms with Crippen molar-refractivity contribution in [2.45, 2.75) is 51.3 Å². The van der Waals surface area contributed by atoms with Gasteiger partial charge in [-0.05, 0) is 61.7 Å². The van der Waals surface area contributed by atoms with Crippen molar-refractivity contribution in [2.75, 3.05) is 33.3 Å². The SMILES string of the molecule is COc1ccc(CN2CCC(NC(=O)c3ccc(C(=O)N4CCC(Oc5ccc(C)cc5)CC4)nc3)CC2)cc1. The van der Waals surface area contributed by atoms with Gasteiger partial charge >= 0.3 is 0 Å². The van der Waals surface area contributed by atoms with Crippen LogP contribution in [0, 0.1) is 6.92 Å². The van der Waals surface area contributed by atoms with E-state index in [1.54, 1.807) is 19.2 Å². The minimum Gasteiger partial charge on any atom is -0.497 e. The summed E-state index contributed by atoms with van der Waals surface area (Å²) >= 11 is 0. The molecule has 0 bridgehead atoms. The maximum atomic E-state index is 13.0. The highest BCUT2D eigenvalue weighted by Gasteiger charge is 2.26. The minimum atomic E-state index is -0.144. The number of aryl methyl sites for hydroxylation is 1. The van der Waals surface area contributed by atoms with E-state index < -0.39 is 0 Å². The Morgan fingerprint density at radius 2 is 1.55 bits per heavy atom. The summed E-state index contributed by atoms with van der Waals surface area (Å²) in [6.07, 6.45) is 4.96. The number of likely N-dealkylation sites (tertiary alicyclic amines) is 2. The molecule has 2 aliphatic rings. The number of pyridine rings is 1. The lowest BCUT2D eigenvalue weighted by atomic mass is 10.0. The van der Waals surface area contributed by atoms with Gasteiger partial charge in [-0.3, -0.25) is 19.5 Å². The van der Waals surface area contributed by atoms with Gasteiger partial charge in [-0.2, -0.15) is 0 Å². The van der Waals surface area contributed by atoms with Crippen molar-refractivity contribution in [1.82, 2.24) is 20.1 Å². The van der Waals surface area contributed by atoms with Gasteiger partial charge < -0.3 is 19.7 Å². The Bertz CT molecular complexity index is 1260. The highest BCUT2D eigenvalue weighted by molar-refractivity contribution is 5.96. The number of carbonyl (C=O) groups is 2. The Kier molecular flexibility index (Phi) is 8.96. The molecule has 3 heterocycles. The smallest absolute Gasteiger partial charge is 0.272 e. The molecule has 3 aromatic rings. The number of methoxy groups -OCH3 is 1. The summed E-state index contributed by atoms with van der Waals surface area (Å²) in [5.74, 6) is 1.48. The van der Waals surface area contributed by atoms with Crippen molar-refractivity contribution in [2.24, 2.45) is 0 Å². The first kappa shape index (κ1) is 27.6. The molecule has 2 saturated heterocycles. The van der Waals surface area contributed by atoms with Crippen LogP contribution in [0.1, 0.15) is 57.7 Å². The Balaban J connectivity index is 1.05. The van der Waals surface area contributed by atoms with Gasteiger partial charge in [0.05, 0.1) is 12.7 Å². The van der Waals surface area contributed by atoms with Crippen molar-refractivity contribution >= 4 is 11.8 Å². The number of nitrogens with one attached hydrogen (secondary N) is 1. The van der Waals surface area contributed by atoms with E-state index in [2.05, 4.69) is 34.3 Å². The maximum Gasteiger partial charge on any atom is 0.272 e. The van der Waals surface area contributed by atoms with Crippen LogP contribution in [0.15, 0.2) is 66.9 Å². The molecule has 40 heavy (non-hydrogen) atoms. The number of carbonyl (C=O) groups excluding carboxylic acids is 2. The van der Waals surface area contributed by atoms with Gasteiger partial charge in [-0.1, -0.05) is 29.8 Å². The molecule has 0 atom stereocenters. The second-order valence-electron chi connectivity index (χ2n) is 10.7. The summed E-state index contributed by atoms with van der Waals surface area (Å²) in [5.41, 5.74) is 3.29. The van der Waals surface area contributed by atoms with Crippen LogP contribution >= 0.6 is 0 Å². The zero-order valence-electron chi connectivity index (χ0n) is 23.3. The number of hydrogen-bond donors (Lipinski definition) is 1. The zero-order valence-corrected chi connectivity index (χ0v) is 23.3. The molecular weight excluding hydrogens is 504 g/mol. The molecule has 2 aromatic carbocycles. The molecule has 0 unspecified atom stereocenters. The van der Waals surface area contributed by atoms with Crippen molar-refractivity contribution < 1.29 is 19.1 Å². The topological polar surface area (TPSA) is 84.0 Å². The van der Waals surface area contributed by atoms with Crippen LogP contribution in [0.25, 0.3) is 0 Å². The molecule has 0 radical (unpaired) electrons. The Morgan fingerprint density at radius 3 is 2.17 bits per heavy atom.